The quantitative estimate of drug-likeness (QED) is 0.232. The summed E-state index contributed by atoms with van der Waals surface area (Å²) in [5.74, 6) is -0.263. The highest BCUT2D eigenvalue weighted by Gasteiger charge is 2.11. The van der Waals surface area contributed by atoms with Crippen LogP contribution in [0, 0.1) is 15.9 Å². The van der Waals surface area contributed by atoms with Crippen LogP contribution in [0.4, 0.5) is 20.6 Å². The molecule has 0 saturated heterocycles. The Kier molecular flexibility index (Phi) is 5.70. The number of nitro benzene ring substituents is 1. The summed E-state index contributed by atoms with van der Waals surface area (Å²) in [4.78, 5) is 29.3. The first-order valence-electron chi connectivity index (χ1n) is 9.23. The van der Waals surface area contributed by atoms with Crippen LogP contribution in [0.3, 0.4) is 0 Å². The molecule has 0 aliphatic rings. The minimum atomic E-state index is -0.720. The van der Waals surface area contributed by atoms with Crippen molar-refractivity contribution in [2.45, 2.75) is 0 Å². The zero-order valence-electron chi connectivity index (χ0n) is 16.3. The number of ether oxygens (including phenoxy) is 1. The Morgan fingerprint density at radius 2 is 2.06 bits per heavy atom. The summed E-state index contributed by atoms with van der Waals surface area (Å²) in [6.45, 7) is 0. The molecule has 0 atom stereocenters. The fraction of sp³-hybridized carbons (Fsp3) is 0. The second-order valence-corrected chi connectivity index (χ2v) is 6.47. The molecule has 11 heteroatoms. The number of H-pyrrole nitrogens is 1. The number of fused-ring (bicyclic) bond motifs is 1. The summed E-state index contributed by atoms with van der Waals surface area (Å²) in [6, 6.07) is 12.4. The van der Waals surface area contributed by atoms with E-state index in [0.29, 0.717) is 22.3 Å². The van der Waals surface area contributed by atoms with Crippen LogP contribution in [0.2, 0.25) is 0 Å². The van der Waals surface area contributed by atoms with Gasteiger partial charge in [-0.1, -0.05) is 12.1 Å². The molecule has 0 aliphatic heterocycles. The van der Waals surface area contributed by atoms with Crippen molar-refractivity contribution in [1.82, 2.24) is 15.4 Å². The molecule has 0 unspecified atom stereocenters. The maximum Gasteiger partial charge on any atom is 0.339 e. The number of aromatic nitrogens is 2. The molecule has 0 saturated carbocycles. The molecule has 0 aliphatic carbocycles. The van der Waals surface area contributed by atoms with Gasteiger partial charge in [0.1, 0.15) is 11.4 Å². The third kappa shape index (κ3) is 4.67. The molecule has 4 rings (SSSR count). The van der Waals surface area contributed by atoms with E-state index in [1.807, 2.05) is 0 Å². The van der Waals surface area contributed by atoms with E-state index in [-0.39, 0.29) is 17.1 Å². The van der Waals surface area contributed by atoms with Gasteiger partial charge in [0.15, 0.2) is 11.6 Å². The predicted molar refractivity (Wildman–Crippen MR) is 115 cm³/mol. The zero-order chi connectivity index (χ0) is 22.5. The molecule has 32 heavy (non-hydrogen) atoms. The normalized spacial score (nSPS) is 10.9. The number of nitrogens with zero attached hydrogens (tertiary/aromatic N) is 3. The van der Waals surface area contributed by atoms with Gasteiger partial charge in [0.05, 0.1) is 16.5 Å². The van der Waals surface area contributed by atoms with Gasteiger partial charge in [0.25, 0.3) is 5.69 Å². The smallest absolute Gasteiger partial charge is 0.339 e. The van der Waals surface area contributed by atoms with Gasteiger partial charge in [0.2, 0.25) is 0 Å². The number of urea groups is 1. The van der Waals surface area contributed by atoms with Crippen molar-refractivity contribution < 1.29 is 18.8 Å². The highest BCUT2D eigenvalue weighted by atomic mass is 19.1. The number of hydrogen-bond acceptors (Lipinski definition) is 6. The largest absolute Gasteiger partial charge is 0.453 e. The lowest BCUT2D eigenvalue weighted by molar-refractivity contribution is -0.384. The van der Waals surface area contributed by atoms with E-state index < -0.39 is 16.8 Å². The number of amides is 2. The SMILES string of the molecule is O=C(N/N=C/c1cccc([N+](=O)[O-])c1)Nc1ccc(Oc2ccnc3[nH]ccc23)c(F)c1. The number of nitro groups is 1. The maximum absolute atomic E-state index is 14.5. The number of non-ortho nitro benzene ring substituents is 1. The first-order chi connectivity index (χ1) is 15.5. The van der Waals surface area contributed by atoms with Gasteiger partial charge >= 0.3 is 6.03 Å². The summed E-state index contributed by atoms with van der Waals surface area (Å²) in [5, 5.41) is 17.6. The van der Waals surface area contributed by atoms with Crippen molar-refractivity contribution in [2.75, 3.05) is 5.32 Å². The number of rotatable bonds is 6. The lowest BCUT2D eigenvalue weighted by atomic mass is 10.2. The van der Waals surface area contributed by atoms with Crippen LogP contribution in [0.1, 0.15) is 5.56 Å². The average Bonchev–Trinajstić information content (AvgIpc) is 3.26. The topological polar surface area (TPSA) is 135 Å². The Hall–Kier alpha value is -4.80. The molecule has 0 spiro atoms. The van der Waals surface area contributed by atoms with Crippen LogP contribution in [0.25, 0.3) is 11.0 Å². The maximum atomic E-state index is 14.5. The molecule has 4 aromatic rings. The van der Waals surface area contributed by atoms with Crippen LogP contribution in [0.15, 0.2) is 72.1 Å². The number of carbonyl (C=O) groups is 1. The van der Waals surface area contributed by atoms with Crippen LogP contribution >= 0.6 is 0 Å². The Labute approximate surface area is 179 Å². The Bertz CT molecular complexity index is 1340. The monoisotopic (exact) mass is 434 g/mol. The Morgan fingerprint density at radius 3 is 2.88 bits per heavy atom. The highest BCUT2D eigenvalue weighted by molar-refractivity contribution is 5.90. The van der Waals surface area contributed by atoms with Crippen molar-refractivity contribution in [3.8, 4) is 11.5 Å². The third-order valence-electron chi connectivity index (χ3n) is 4.29. The molecule has 2 amide bonds. The average molecular weight is 434 g/mol. The van der Waals surface area contributed by atoms with Gasteiger partial charge in [-0.05, 0) is 24.3 Å². The Morgan fingerprint density at radius 1 is 1.19 bits per heavy atom. The van der Waals surface area contributed by atoms with Gasteiger partial charge in [-0.3, -0.25) is 10.1 Å². The first kappa shape index (κ1) is 20.5. The molecule has 2 aromatic heterocycles. The van der Waals surface area contributed by atoms with Crippen molar-refractivity contribution in [3.63, 3.8) is 0 Å². The van der Waals surface area contributed by atoms with E-state index in [9.17, 15) is 19.3 Å². The summed E-state index contributed by atoms with van der Waals surface area (Å²) in [7, 11) is 0. The first-order valence-corrected chi connectivity index (χ1v) is 9.23. The fourth-order valence-electron chi connectivity index (χ4n) is 2.85. The lowest BCUT2D eigenvalue weighted by Gasteiger charge is -2.10. The van der Waals surface area contributed by atoms with Crippen LogP contribution in [-0.2, 0) is 0 Å². The number of nitrogens with one attached hydrogen (secondary N) is 3. The molecule has 10 nitrogen and oxygen atoms in total. The van der Waals surface area contributed by atoms with Gasteiger partial charge in [-0.2, -0.15) is 5.10 Å². The van der Waals surface area contributed by atoms with Gasteiger partial charge < -0.3 is 15.0 Å². The molecule has 0 bridgehead atoms. The second-order valence-electron chi connectivity index (χ2n) is 6.47. The van der Waals surface area contributed by atoms with E-state index >= 15 is 0 Å². The fourth-order valence-corrected chi connectivity index (χ4v) is 2.85. The highest BCUT2D eigenvalue weighted by Crippen LogP contribution is 2.31. The summed E-state index contributed by atoms with van der Waals surface area (Å²) in [6.07, 6.45) is 4.50. The minimum absolute atomic E-state index is 0.0200. The molecule has 3 N–H and O–H groups in total. The molecule has 0 radical (unpaired) electrons. The summed E-state index contributed by atoms with van der Waals surface area (Å²) >= 11 is 0. The van der Waals surface area contributed by atoms with E-state index in [2.05, 4.69) is 25.8 Å². The van der Waals surface area contributed by atoms with E-state index in [0.717, 1.165) is 6.07 Å². The van der Waals surface area contributed by atoms with Crippen LogP contribution in [-0.4, -0.2) is 27.1 Å². The number of aromatic amines is 1. The molecule has 2 aromatic carbocycles. The number of benzene rings is 2. The third-order valence-corrected chi connectivity index (χ3v) is 4.29. The molecule has 160 valence electrons. The molecular formula is C21H15FN6O4. The van der Waals surface area contributed by atoms with E-state index in [1.54, 1.807) is 30.6 Å². The zero-order valence-corrected chi connectivity index (χ0v) is 16.3. The van der Waals surface area contributed by atoms with Crippen LogP contribution < -0.4 is 15.5 Å². The number of hydrazone groups is 1. The van der Waals surface area contributed by atoms with Crippen LogP contribution in [0.5, 0.6) is 11.5 Å². The van der Waals surface area contributed by atoms with Gasteiger partial charge in [-0.15, -0.1) is 0 Å². The standard InChI is InChI=1S/C21H15FN6O4/c22-17-11-14(4-5-19(17)32-18-7-9-24-20-16(18)6-8-23-20)26-21(29)27-25-12-13-2-1-3-15(10-13)28(30)31/h1-12H,(H,23,24)(H2,26,27,29)/b25-12+. The van der Waals surface area contributed by atoms with E-state index in [4.69, 9.17) is 4.74 Å². The number of halogens is 1. The van der Waals surface area contributed by atoms with Gasteiger partial charge in [0, 0.05) is 41.8 Å². The summed E-state index contributed by atoms with van der Waals surface area (Å²) in [5.41, 5.74) is 3.33. The number of hydrogen-bond donors (Lipinski definition) is 3. The van der Waals surface area contributed by atoms with Crippen molar-refractivity contribution in [2.24, 2.45) is 5.10 Å². The minimum Gasteiger partial charge on any atom is -0.453 e. The molecular weight excluding hydrogens is 419 g/mol. The number of carbonyl (C=O) groups excluding carboxylic acids is 1. The second kappa shape index (κ2) is 8.92. The molecule has 0 fully saturated rings. The lowest BCUT2D eigenvalue weighted by Crippen LogP contribution is -2.24. The van der Waals surface area contributed by atoms with Crippen molar-refractivity contribution >= 4 is 34.7 Å². The van der Waals surface area contributed by atoms with Crippen molar-refractivity contribution in [1.29, 1.82) is 0 Å². The predicted octanol–water partition coefficient (Wildman–Crippen LogP) is 4.56. The summed E-state index contributed by atoms with van der Waals surface area (Å²) < 4.78 is 20.1. The van der Waals surface area contributed by atoms with Crippen molar-refractivity contribution in [3.05, 3.63) is 88.5 Å². The van der Waals surface area contributed by atoms with E-state index in [1.165, 1.54) is 36.5 Å². The van der Waals surface area contributed by atoms with Gasteiger partial charge in [-0.25, -0.2) is 19.6 Å². The molecule has 2 heterocycles. The number of pyridine rings is 1. The number of anilines is 1. The Balaban J connectivity index is 1.38.